The van der Waals surface area contributed by atoms with E-state index in [0.717, 1.165) is 25.9 Å². The molecular weight excluding hydrogens is 382 g/mol. The van der Waals surface area contributed by atoms with Crippen LogP contribution in [0.3, 0.4) is 0 Å². The lowest BCUT2D eigenvalue weighted by Gasteiger charge is -2.34. The second-order valence-corrected chi connectivity index (χ2v) is 8.66. The van der Waals surface area contributed by atoms with Gasteiger partial charge in [-0.3, -0.25) is 0 Å². The molecule has 1 saturated heterocycles. The molecule has 2 rings (SSSR count). The van der Waals surface area contributed by atoms with Gasteiger partial charge < -0.3 is 14.6 Å². The first kappa shape index (κ1) is 22.4. The molecule has 11 heteroatoms. The van der Waals surface area contributed by atoms with E-state index in [-0.39, 0.29) is 6.04 Å². The van der Waals surface area contributed by atoms with Crippen molar-refractivity contribution in [3.05, 3.63) is 30.3 Å². The van der Waals surface area contributed by atoms with Crippen molar-refractivity contribution in [1.29, 1.82) is 0 Å². The number of carbonyl (C=O) groups is 1. The van der Waals surface area contributed by atoms with Gasteiger partial charge >= 0.3 is 6.09 Å². The van der Waals surface area contributed by atoms with Crippen LogP contribution in [-0.4, -0.2) is 72.2 Å². The summed E-state index contributed by atoms with van der Waals surface area (Å²) in [6.45, 7) is 1.84. The number of piperidine rings is 1. The van der Waals surface area contributed by atoms with Gasteiger partial charge in [0.25, 0.3) is 0 Å². The van der Waals surface area contributed by atoms with Gasteiger partial charge in [0.15, 0.2) is 9.84 Å². The fourth-order valence-corrected chi connectivity index (χ4v) is 3.15. The molecule has 1 aliphatic heterocycles. The van der Waals surface area contributed by atoms with Crippen molar-refractivity contribution in [1.82, 2.24) is 14.7 Å². The van der Waals surface area contributed by atoms with Crippen molar-refractivity contribution < 1.29 is 26.5 Å². The number of sulfone groups is 1. The zero-order valence-corrected chi connectivity index (χ0v) is 16.7. The van der Waals surface area contributed by atoms with E-state index in [1.54, 1.807) is 42.3 Å². The van der Waals surface area contributed by atoms with Crippen molar-refractivity contribution >= 4 is 26.8 Å². The Morgan fingerprint density at radius 2 is 1.77 bits per heavy atom. The summed E-state index contributed by atoms with van der Waals surface area (Å²) in [5.74, 6) is 0. The maximum Gasteiger partial charge on any atom is 0.429 e. The van der Waals surface area contributed by atoms with Crippen LogP contribution in [0, 0.1) is 0 Å². The third-order valence-electron chi connectivity index (χ3n) is 3.90. The van der Waals surface area contributed by atoms with E-state index in [9.17, 15) is 21.6 Å². The number of carbonyl (C=O) groups excluding carboxylic acids is 1. The average molecular weight is 408 g/mol. The number of thiol groups is 1. The van der Waals surface area contributed by atoms with Gasteiger partial charge in [0.05, 0.1) is 4.90 Å². The lowest BCUT2D eigenvalue weighted by Crippen LogP contribution is -2.45. The topological polar surface area (TPSA) is 113 Å². The van der Waals surface area contributed by atoms with E-state index >= 15 is 0 Å². The summed E-state index contributed by atoms with van der Waals surface area (Å²) < 4.78 is 42.0. The Hall–Kier alpha value is -1.69. The molecule has 1 amide bonds. The molecule has 1 N–H and O–H groups in total. The molecule has 1 heterocycles. The second kappa shape index (κ2) is 10.5. The Morgan fingerprint density at radius 3 is 2.19 bits per heavy atom. The Morgan fingerprint density at radius 1 is 1.23 bits per heavy atom. The van der Waals surface area contributed by atoms with Gasteiger partial charge in [0.1, 0.15) is 0 Å². The minimum atomic E-state index is -3.00. The lowest BCUT2D eigenvalue weighted by atomic mass is 10.0. The molecule has 1 aromatic rings. The van der Waals surface area contributed by atoms with Crippen molar-refractivity contribution in [2.45, 2.75) is 23.8 Å². The van der Waals surface area contributed by atoms with Crippen molar-refractivity contribution in [3.63, 3.8) is 0 Å². The number of nitrogens with zero attached hydrogens (tertiary/aromatic N) is 2. The molecule has 0 aliphatic carbocycles. The van der Waals surface area contributed by atoms with Crippen LogP contribution in [0.2, 0.25) is 0 Å². The highest BCUT2D eigenvalue weighted by atomic mass is 32.2. The van der Waals surface area contributed by atoms with E-state index in [0.29, 0.717) is 4.90 Å². The summed E-state index contributed by atoms with van der Waals surface area (Å²) in [4.78, 5) is 21.4. The van der Waals surface area contributed by atoms with Gasteiger partial charge in [-0.15, -0.1) is 0 Å². The first-order chi connectivity index (χ1) is 12.1. The van der Waals surface area contributed by atoms with Crippen LogP contribution in [-0.2, 0) is 25.6 Å². The zero-order chi connectivity index (χ0) is 19.7. The summed E-state index contributed by atoms with van der Waals surface area (Å²) >= 11 is 0. The van der Waals surface area contributed by atoms with Gasteiger partial charge in [0, 0.05) is 19.3 Å². The number of hydrogen-bond donors (Lipinski definition) is 2. The fourth-order valence-electron chi connectivity index (χ4n) is 2.35. The molecule has 0 atom stereocenters. The minimum Gasteiger partial charge on any atom is -0.339 e. The Labute approximate surface area is 155 Å². The number of benzene rings is 1. The SMILES string of the molecule is CN1CCC(N(C)C(=O)ON[SH](=O)=O)CC1.CS(=O)(=O)c1ccccc1. The third kappa shape index (κ3) is 8.13. The average Bonchev–Trinajstić information content (AvgIpc) is 2.60. The van der Waals surface area contributed by atoms with E-state index in [4.69, 9.17) is 0 Å². The summed E-state index contributed by atoms with van der Waals surface area (Å²) in [7, 11) is -2.28. The highest BCUT2D eigenvalue weighted by molar-refractivity contribution is 7.90. The standard InChI is InChI=1S/C8H17N3O4S.C7H8O2S/c1-10-5-3-7(4-6-10)11(2)8(12)15-9-16(13)14;1-10(8,9)7-5-3-2-4-6-7/h7,16H,3-6H2,1-2H3,(H,9,13,14);2-6H,1H3. The summed E-state index contributed by atoms with van der Waals surface area (Å²) in [5.41, 5.74) is 0. The Balaban J connectivity index is 0.000000289. The molecule has 1 fully saturated rings. The van der Waals surface area contributed by atoms with Gasteiger partial charge in [-0.1, -0.05) is 18.2 Å². The van der Waals surface area contributed by atoms with E-state index < -0.39 is 26.8 Å². The molecule has 1 aromatic carbocycles. The molecule has 0 radical (unpaired) electrons. The van der Waals surface area contributed by atoms with Gasteiger partial charge in [-0.25, -0.2) is 21.6 Å². The fraction of sp³-hybridized carbons (Fsp3) is 0.533. The quantitative estimate of drug-likeness (QED) is 0.544. The molecule has 26 heavy (non-hydrogen) atoms. The molecular formula is C15H25N3O6S2. The van der Waals surface area contributed by atoms with Crippen LogP contribution in [0.15, 0.2) is 35.2 Å². The first-order valence-electron chi connectivity index (χ1n) is 7.88. The monoisotopic (exact) mass is 407 g/mol. The predicted octanol–water partition coefficient (Wildman–Crippen LogP) is 0.270. The van der Waals surface area contributed by atoms with Crippen LogP contribution in [0.25, 0.3) is 0 Å². The maximum atomic E-state index is 11.4. The van der Waals surface area contributed by atoms with Crippen molar-refractivity contribution in [2.75, 3.05) is 33.4 Å². The molecule has 0 saturated carbocycles. The summed E-state index contributed by atoms with van der Waals surface area (Å²) in [6, 6.07) is 8.46. The van der Waals surface area contributed by atoms with E-state index in [1.807, 2.05) is 7.05 Å². The maximum absolute atomic E-state index is 11.4. The lowest BCUT2D eigenvalue weighted by molar-refractivity contribution is 0.0667. The summed E-state index contributed by atoms with van der Waals surface area (Å²) in [5, 5.41) is 0. The van der Waals surface area contributed by atoms with Gasteiger partial charge in [0.2, 0.25) is 10.9 Å². The number of likely N-dealkylation sites (tertiary alicyclic amines) is 1. The molecule has 0 unspecified atom stereocenters. The summed E-state index contributed by atoms with van der Waals surface area (Å²) in [6.07, 6.45) is 2.26. The molecule has 0 spiro atoms. The number of amides is 1. The van der Waals surface area contributed by atoms with Crippen LogP contribution in [0.5, 0.6) is 0 Å². The first-order valence-corrected chi connectivity index (χ1v) is 11.0. The smallest absolute Gasteiger partial charge is 0.339 e. The Bertz CT molecular complexity index is 736. The molecule has 1 aliphatic rings. The number of hydrogen-bond acceptors (Lipinski definition) is 7. The molecule has 148 valence electrons. The predicted molar refractivity (Wildman–Crippen MR) is 97.8 cm³/mol. The normalized spacial score (nSPS) is 15.8. The van der Waals surface area contributed by atoms with Crippen LogP contribution >= 0.6 is 0 Å². The van der Waals surface area contributed by atoms with Crippen LogP contribution < -0.4 is 4.89 Å². The van der Waals surface area contributed by atoms with Gasteiger partial charge in [-0.05, 0) is 50.0 Å². The van der Waals surface area contributed by atoms with Gasteiger partial charge in [-0.2, -0.15) is 0 Å². The largest absolute Gasteiger partial charge is 0.429 e. The van der Waals surface area contributed by atoms with Crippen LogP contribution in [0.1, 0.15) is 12.8 Å². The molecule has 0 bridgehead atoms. The van der Waals surface area contributed by atoms with Crippen molar-refractivity contribution in [2.24, 2.45) is 0 Å². The molecule has 0 aromatic heterocycles. The van der Waals surface area contributed by atoms with E-state index in [2.05, 4.69) is 9.74 Å². The van der Waals surface area contributed by atoms with Crippen molar-refractivity contribution in [3.8, 4) is 0 Å². The third-order valence-corrected chi connectivity index (χ3v) is 5.27. The van der Waals surface area contributed by atoms with Crippen LogP contribution in [0.4, 0.5) is 4.79 Å². The highest BCUT2D eigenvalue weighted by Gasteiger charge is 2.25. The zero-order valence-electron chi connectivity index (χ0n) is 15.0. The Kier molecular flexibility index (Phi) is 8.99. The number of rotatable bonds is 4. The second-order valence-electron chi connectivity index (χ2n) is 5.95. The number of nitrogens with one attached hydrogen (secondary N) is 1. The van der Waals surface area contributed by atoms with E-state index in [1.165, 1.54) is 11.2 Å². The molecule has 9 nitrogen and oxygen atoms in total. The minimum absolute atomic E-state index is 0.107. The highest BCUT2D eigenvalue weighted by Crippen LogP contribution is 2.14.